The van der Waals surface area contributed by atoms with E-state index in [2.05, 4.69) is 25.6 Å². The van der Waals surface area contributed by atoms with E-state index in [1.165, 1.54) is 6.07 Å². The number of carboxylic acids is 1. The van der Waals surface area contributed by atoms with Crippen LogP contribution in [-0.4, -0.2) is 39.1 Å². The monoisotopic (exact) mass is 475 g/mol. The first-order valence-electron chi connectivity index (χ1n) is 12.0. The predicted octanol–water partition coefficient (Wildman–Crippen LogP) is 3.78. The van der Waals surface area contributed by atoms with Crippen LogP contribution in [0.5, 0.6) is 5.75 Å². The van der Waals surface area contributed by atoms with E-state index in [-0.39, 0.29) is 12.0 Å². The molecule has 8 nitrogen and oxygen atoms in total. The summed E-state index contributed by atoms with van der Waals surface area (Å²) in [5.74, 6) is 0.380. The third-order valence-corrected chi connectivity index (χ3v) is 7.42. The zero-order valence-corrected chi connectivity index (χ0v) is 18.9. The third-order valence-electron chi connectivity index (χ3n) is 7.42. The van der Waals surface area contributed by atoms with Gasteiger partial charge in [-0.1, -0.05) is 18.2 Å². The molecule has 0 amide bonds. The first-order chi connectivity index (χ1) is 17.0. The maximum Gasteiger partial charge on any atom is 0.308 e. The summed E-state index contributed by atoms with van der Waals surface area (Å²) in [5.41, 5.74) is 1.20. The molecule has 3 unspecified atom stereocenters. The number of aliphatic carboxylic acids is 1. The normalized spacial score (nSPS) is 27.7. The molecule has 9 heteroatoms. The lowest BCUT2D eigenvalue weighted by Crippen LogP contribution is -2.60. The van der Waals surface area contributed by atoms with Gasteiger partial charge in [0.25, 0.3) is 0 Å². The van der Waals surface area contributed by atoms with Gasteiger partial charge in [-0.05, 0) is 55.7 Å². The lowest BCUT2D eigenvalue weighted by Gasteiger charge is -2.48. The minimum Gasteiger partial charge on any atom is -0.481 e. The fourth-order valence-electron chi connectivity index (χ4n) is 5.83. The number of amidine groups is 1. The number of carbonyl (C=O) groups is 1. The number of fused-ring (bicyclic) bond motifs is 4. The zero-order valence-electron chi connectivity index (χ0n) is 18.9. The van der Waals surface area contributed by atoms with Crippen molar-refractivity contribution in [2.45, 2.75) is 37.9 Å². The van der Waals surface area contributed by atoms with Gasteiger partial charge in [0.1, 0.15) is 29.2 Å². The number of halogens is 1. The summed E-state index contributed by atoms with van der Waals surface area (Å²) in [6, 6.07) is 10.6. The number of aromatic nitrogens is 2. The van der Waals surface area contributed by atoms with Crippen LogP contribution in [0.15, 0.2) is 65.7 Å². The van der Waals surface area contributed by atoms with Crippen molar-refractivity contribution >= 4 is 22.8 Å². The first kappa shape index (κ1) is 21.8. The number of aliphatic imine (C=N–C) groups is 1. The number of rotatable bonds is 6. The van der Waals surface area contributed by atoms with Crippen molar-refractivity contribution in [2.75, 3.05) is 0 Å². The molecule has 3 atom stereocenters. The van der Waals surface area contributed by atoms with Gasteiger partial charge in [0, 0.05) is 29.3 Å². The summed E-state index contributed by atoms with van der Waals surface area (Å²) in [6.45, 7) is 0. The van der Waals surface area contributed by atoms with E-state index in [1.807, 2.05) is 36.4 Å². The van der Waals surface area contributed by atoms with Gasteiger partial charge in [-0.25, -0.2) is 9.37 Å². The highest BCUT2D eigenvalue weighted by molar-refractivity contribution is 6.09. The number of nitrogens with one attached hydrogen (secondary N) is 3. The van der Waals surface area contributed by atoms with E-state index in [1.54, 1.807) is 6.20 Å². The van der Waals surface area contributed by atoms with Crippen LogP contribution >= 0.6 is 0 Å². The molecule has 35 heavy (non-hydrogen) atoms. The SMILES string of the molecule is O=C(O)C1C2CCC(CC2)C1NC1C=C(Oc2ccccc2)N=C(c2c[nH]c3ncc(F)cc23)N1. The fourth-order valence-corrected chi connectivity index (χ4v) is 5.83. The highest BCUT2D eigenvalue weighted by Crippen LogP contribution is 2.45. The number of ether oxygens (including phenoxy) is 1. The molecule has 1 aliphatic heterocycles. The van der Waals surface area contributed by atoms with Gasteiger partial charge in [0.05, 0.1) is 12.1 Å². The van der Waals surface area contributed by atoms with Crippen LogP contribution in [-0.2, 0) is 4.79 Å². The number of hydrogen-bond acceptors (Lipinski definition) is 6. The smallest absolute Gasteiger partial charge is 0.308 e. The zero-order chi connectivity index (χ0) is 23.9. The predicted molar refractivity (Wildman–Crippen MR) is 128 cm³/mol. The van der Waals surface area contributed by atoms with Crippen molar-refractivity contribution in [3.05, 3.63) is 72.1 Å². The molecule has 3 saturated carbocycles. The summed E-state index contributed by atoms with van der Waals surface area (Å²) in [5, 5.41) is 17.5. The molecule has 3 aromatic rings. The van der Waals surface area contributed by atoms with E-state index < -0.39 is 23.9 Å². The quantitative estimate of drug-likeness (QED) is 0.432. The number of pyridine rings is 1. The Morgan fingerprint density at radius 3 is 2.69 bits per heavy atom. The number of hydrogen-bond donors (Lipinski definition) is 4. The minimum absolute atomic E-state index is 0.159. The molecular weight excluding hydrogens is 449 g/mol. The van der Waals surface area contributed by atoms with Crippen LogP contribution in [0.1, 0.15) is 31.2 Å². The van der Waals surface area contributed by atoms with Crippen molar-refractivity contribution in [3.8, 4) is 5.75 Å². The van der Waals surface area contributed by atoms with Gasteiger partial charge in [0.2, 0.25) is 5.88 Å². The summed E-state index contributed by atoms with van der Waals surface area (Å²) < 4.78 is 20.0. The number of carboxylic acid groups (broad SMARTS) is 1. The minimum atomic E-state index is -0.746. The molecule has 0 spiro atoms. The molecule has 1 aromatic carbocycles. The van der Waals surface area contributed by atoms with Gasteiger partial charge in [-0.15, -0.1) is 0 Å². The van der Waals surface area contributed by atoms with Crippen molar-refractivity contribution in [1.29, 1.82) is 0 Å². The number of para-hydroxylation sites is 1. The molecule has 2 aromatic heterocycles. The lowest BCUT2D eigenvalue weighted by molar-refractivity contribution is -0.149. The largest absolute Gasteiger partial charge is 0.481 e. The molecule has 0 saturated heterocycles. The Kier molecular flexibility index (Phi) is 5.49. The molecule has 0 radical (unpaired) electrons. The summed E-state index contributed by atoms with van der Waals surface area (Å²) >= 11 is 0. The highest BCUT2D eigenvalue weighted by Gasteiger charge is 2.47. The molecule has 3 heterocycles. The van der Waals surface area contributed by atoms with Crippen molar-refractivity contribution in [1.82, 2.24) is 20.6 Å². The van der Waals surface area contributed by atoms with Crippen LogP contribution in [0.2, 0.25) is 0 Å². The average Bonchev–Trinajstić information content (AvgIpc) is 3.28. The second kappa shape index (κ2) is 8.81. The molecule has 3 fully saturated rings. The van der Waals surface area contributed by atoms with E-state index >= 15 is 0 Å². The Morgan fingerprint density at radius 2 is 1.91 bits per heavy atom. The molecule has 180 valence electrons. The maximum atomic E-state index is 14.0. The topological polar surface area (TPSA) is 112 Å². The first-order valence-corrected chi connectivity index (χ1v) is 12.0. The Morgan fingerprint density at radius 1 is 1.14 bits per heavy atom. The molecule has 7 rings (SSSR count). The van der Waals surface area contributed by atoms with E-state index in [4.69, 9.17) is 4.74 Å². The van der Waals surface area contributed by atoms with Crippen LogP contribution in [0.4, 0.5) is 4.39 Å². The fraction of sp³-hybridized carbons (Fsp3) is 0.346. The second-order valence-electron chi connectivity index (χ2n) is 9.49. The van der Waals surface area contributed by atoms with Crippen LogP contribution < -0.4 is 15.4 Å². The van der Waals surface area contributed by atoms with Crippen molar-refractivity contribution in [2.24, 2.45) is 22.7 Å². The Balaban J connectivity index is 1.34. The molecule has 4 N–H and O–H groups in total. The van der Waals surface area contributed by atoms with E-state index in [0.717, 1.165) is 31.9 Å². The number of benzene rings is 1. The van der Waals surface area contributed by atoms with Crippen LogP contribution in [0, 0.1) is 23.6 Å². The maximum absolute atomic E-state index is 14.0. The van der Waals surface area contributed by atoms with Crippen molar-refractivity contribution < 1.29 is 19.0 Å². The highest BCUT2D eigenvalue weighted by atomic mass is 19.1. The third kappa shape index (κ3) is 4.16. The summed E-state index contributed by atoms with van der Waals surface area (Å²) in [7, 11) is 0. The Hall–Kier alpha value is -3.72. The number of aromatic amines is 1. The Bertz CT molecular complexity index is 1310. The Labute approximate surface area is 201 Å². The van der Waals surface area contributed by atoms with Crippen molar-refractivity contribution in [3.63, 3.8) is 0 Å². The standard InChI is InChI=1S/C26H26FN5O3/c27-16-10-18-19(13-29-24(18)28-12-16)25-31-20(11-21(32-25)35-17-4-2-1-3-5-17)30-23-15-8-6-14(7-9-15)22(23)26(33)34/h1-5,10-15,20,22-23,30H,6-9H2,(H,28,29)(H,31,32)(H,33,34). The number of H-pyrrole nitrogens is 1. The number of nitrogens with zero attached hydrogens (tertiary/aromatic N) is 2. The molecule has 3 aliphatic carbocycles. The van der Waals surface area contributed by atoms with Gasteiger partial charge in [0.15, 0.2) is 0 Å². The van der Waals surface area contributed by atoms with Gasteiger partial charge in [-0.3, -0.25) is 10.1 Å². The van der Waals surface area contributed by atoms with Crippen LogP contribution in [0.3, 0.4) is 0 Å². The van der Waals surface area contributed by atoms with E-state index in [9.17, 15) is 14.3 Å². The summed E-state index contributed by atoms with van der Waals surface area (Å²) in [6.07, 6.45) is 8.30. The van der Waals surface area contributed by atoms with Gasteiger partial charge < -0.3 is 20.1 Å². The van der Waals surface area contributed by atoms with Gasteiger partial charge in [-0.2, -0.15) is 4.99 Å². The molecular formula is C26H26FN5O3. The molecule has 4 aliphatic rings. The van der Waals surface area contributed by atoms with Gasteiger partial charge >= 0.3 is 5.97 Å². The molecule has 2 bridgehead atoms. The summed E-state index contributed by atoms with van der Waals surface area (Å²) in [4.78, 5) is 24.0. The second-order valence-corrected chi connectivity index (χ2v) is 9.49. The van der Waals surface area contributed by atoms with E-state index in [0.29, 0.717) is 40.0 Å². The average molecular weight is 476 g/mol. The van der Waals surface area contributed by atoms with Crippen LogP contribution in [0.25, 0.3) is 11.0 Å². The lowest BCUT2D eigenvalue weighted by atomic mass is 9.61.